The van der Waals surface area contributed by atoms with Crippen LogP contribution in [0.15, 0.2) is 97.1 Å². The number of nitrogens with zero attached hydrogens (tertiary/aromatic N) is 3. The maximum Gasteiger partial charge on any atom is 0.322 e. The van der Waals surface area contributed by atoms with Gasteiger partial charge in [-0.2, -0.15) is 0 Å². The number of benzene rings is 3. The molecule has 0 saturated carbocycles. The molecule has 5 nitrogen and oxygen atoms in total. The summed E-state index contributed by atoms with van der Waals surface area (Å²) in [4.78, 5) is 20.3. The zero-order valence-corrected chi connectivity index (χ0v) is 22.3. The Labute approximate surface area is 222 Å². The van der Waals surface area contributed by atoms with Crippen molar-refractivity contribution in [3.05, 3.63) is 114 Å². The Morgan fingerprint density at radius 1 is 0.919 bits per heavy atom. The number of aryl methyl sites for hydroxylation is 1. The van der Waals surface area contributed by atoms with Gasteiger partial charge >= 0.3 is 6.03 Å². The third-order valence-corrected chi connectivity index (χ3v) is 7.11. The van der Waals surface area contributed by atoms with Crippen LogP contribution >= 0.6 is 0 Å². The molecular weight excluding hydrogens is 456 g/mol. The number of carbonyl (C=O) groups is 1. The summed E-state index contributed by atoms with van der Waals surface area (Å²) in [5.41, 5.74) is 5.55. The highest BCUT2D eigenvalue weighted by Gasteiger charge is 2.21. The number of piperazine rings is 1. The molecule has 5 heteroatoms. The van der Waals surface area contributed by atoms with E-state index in [4.69, 9.17) is 0 Å². The molecule has 0 unspecified atom stereocenters. The molecule has 0 spiro atoms. The van der Waals surface area contributed by atoms with Crippen LogP contribution in [0.4, 0.5) is 10.5 Å². The predicted octanol–water partition coefficient (Wildman–Crippen LogP) is 5.85. The van der Waals surface area contributed by atoms with E-state index in [9.17, 15) is 4.79 Å². The molecule has 4 rings (SSSR count). The van der Waals surface area contributed by atoms with Gasteiger partial charge in [0.2, 0.25) is 0 Å². The van der Waals surface area contributed by atoms with Gasteiger partial charge < -0.3 is 15.1 Å². The normalized spacial score (nSPS) is 14.5. The van der Waals surface area contributed by atoms with Crippen LogP contribution in [-0.4, -0.2) is 73.6 Å². The van der Waals surface area contributed by atoms with E-state index in [0.717, 1.165) is 56.0 Å². The van der Waals surface area contributed by atoms with E-state index in [1.54, 1.807) is 0 Å². The molecule has 0 atom stereocenters. The van der Waals surface area contributed by atoms with Gasteiger partial charge in [-0.25, -0.2) is 4.79 Å². The van der Waals surface area contributed by atoms with E-state index in [-0.39, 0.29) is 11.9 Å². The molecule has 1 aliphatic rings. The Morgan fingerprint density at radius 2 is 1.54 bits per heavy atom. The summed E-state index contributed by atoms with van der Waals surface area (Å²) < 4.78 is 0. The molecule has 0 aromatic heterocycles. The van der Waals surface area contributed by atoms with E-state index in [2.05, 4.69) is 89.4 Å². The highest BCUT2D eigenvalue weighted by molar-refractivity contribution is 5.89. The molecule has 2 amide bonds. The van der Waals surface area contributed by atoms with Crippen molar-refractivity contribution in [2.24, 2.45) is 0 Å². The summed E-state index contributed by atoms with van der Waals surface area (Å²) in [6, 6.07) is 29.1. The van der Waals surface area contributed by atoms with E-state index in [0.29, 0.717) is 13.1 Å². The van der Waals surface area contributed by atoms with Gasteiger partial charge in [0, 0.05) is 57.4 Å². The Hall–Kier alpha value is -3.41. The van der Waals surface area contributed by atoms with Gasteiger partial charge in [0.1, 0.15) is 0 Å². The number of urea groups is 1. The molecule has 1 heterocycles. The number of rotatable bonds is 10. The van der Waals surface area contributed by atoms with Crippen molar-refractivity contribution in [2.75, 3.05) is 58.2 Å². The van der Waals surface area contributed by atoms with Gasteiger partial charge in [-0.05, 0) is 54.8 Å². The van der Waals surface area contributed by atoms with E-state index < -0.39 is 0 Å². The van der Waals surface area contributed by atoms with Crippen molar-refractivity contribution in [1.29, 1.82) is 0 Å². The fourth-order valence-corrected chi connectivity index (χ4v) is 5.00. The molecular formula is C32H40N4O. The summed E-state index contributed by atoms with van der Waals surface area (Å²) in [5, 5.41) is 3.13. The minimum absolute atomic E-state index is 0.0787. The second-order valence-electron chi connectivity index (χ2n) is 10.2. The maximum absolute atomic E-state index is 13.5. The van der Waals surface area contributed by atoms with Crippen LogP contribution in [0.25, 0.3) is 0 Å². The minimum Gasteiger partial charge on any atom is -0.320 e. The van der Waals surface area contributed by atoms with Gasteiger partial charge in [0.05, 0.1) is 0 Å². The Bertz CT molecular complexity index is 1100. The molecule has 1 aliphatic heterocycles. The zero-order valence-electron chi connectivity index (χ0n) is 22.3. The van der Waals surface area contributed by atoms with Crippen LogP contribution in [0, 0.1) is 6.92 Å². The van der Waals surface area contributed by atoms with Crippen molar-refractivity contribution in [1.82, 2.24) is 14.7 Å². The molecule has 0 radical (unpaired) electrons. The second-order valence-corrected chi connectivity index (χ2v) is 10.2. The molecule has 3 aromatic carbocycles. The molecule has 1 N–H and O–H groups in total. The number of anilines is 1. The summed E-state index contributed by atoms with van der Waals surface area (Å²) in [7, 11) is 2.17. The average molecular weight is 497 g/mol. The second kappa shape index (κ2) is 13.2. The summed E-state index contributed by atoms with van der Waals surface area (Å²) in [5.74, 6) is 0.211. The van der Waals surface area contributed by atoms with E-state index in [1.165, 1.54) is 11.1 Å². The first-order chi connectivity index (χ1) is 18.0. The SMILES string of the molecule is C=C(CN1CCN(C)CC1)CN(CCC(c1ccccc1)c1ccccc1)C(=O)Nc1cccc(C)c1. The topological polar surface area (TPSA) is 38.8 Å². The highest BCUT2D eigenvalue weighted by atomic mass is 16.2. The highest BCUT2D eigenvalue weighted by Crippen LogP contribution is 2.28. The van der Waals surface area contributed by atoms with Crippen molar-refractivity contribution in [2.45, 2.75) is 19.3 Å². The van der Waals surface area contributed by atoms with Crippen molar-refractivity contribution in [3.63, 3.8) is 0 Å². The Balaban J connectivity index is 1.49. The lowest BCUT2D eigenvalue weighted by Gasteiger charge is -2.34. The van der Waals surface area contributed by atoms with Crippen LogP contribution in [0.3, 0.4) is 0 Å². The van der Waals surface area contributed by atoms with Gasteiger partial charge in [-0.1, -0.05) is 79.4 Å². The number of hydrogen-bond donors (Lipinski definition) is 1. The van der Waals surface area contributed by atoms with Gasteiger partial charge in [-0.15, -0.1) is 0 Å². The number of carbonyl (C=O) groups excluding carboxylic acids is 1. The largest absolute Gasteiger partial charge is 0.322 e. The Morgan fingerprint density at radius 3 is 2.14 bits per heavy atom. The molecule has 37 heavy (non-hydrogen) atoms. The first-order valence-corrected chi connectivity index (χ1v) is 13.3. The quantitative estimate of drug-likeness (QED) is 0.358. The summed E-state index contributed by atoms with van der Waals surface area (Å²) >= 11 is 0. The Kier molecular flexibility index (Phi) is 9.52. The van der Waals surface area contributed by atoms with E-state index in [1.807, 2.05) is 36.1 Å². The van der Waals surface area contributed by atoms with Gasteiger partial charge in [0.15, 0.2) is 0 Å². The smallest absolute Gasteiger partial charge is 0.320 e. The fraction of sp³-hybridized carbons (Fsp3) is 0.344. The number of hydrogen-bond acceptors (Lipinski definition) is 3. The molecule has 194 valence electrons. The summed E-state index contributed by atoms with van der Waals surface area (Å²) in [6.45, 7) is 12.6. The molecule has 0 aliphatic carbocycles. The fourth-order valence-electron chi connectivity index (χ4n) is 5.00. The lowest BCUT2D eigenvalue weighted by Crippen LogP contribution is -2.46. The number of nitrogens with one attached hydrogen (secondary N) is 1. The minimum atomic E-state index is -0.0787. The number of amides is 2. The van der Waals surface area contributed by atoms with Crippen LogP contribution in [0.2, 0.25) is 0 Å². The van der Waals surface area contributed by atoms with Crippen molar-refractivity contribution in [3.8, 4) is 0 Å². The lowest BCUT2D eigenvalue weighted by atomic mass is 9.88. The monoisotopic (exact) mass is 496 g/mol. The van der Waals surface area contributed by atoms with Gasteiger partial charge in [0.25, 0.3) is 0 Å². The number of likely N-dealkylation sites (N-methyl/N-ethyl adjacent to an activating group) is 1. The summed E-state index contributed by atoms with van der Waals surface area (Å²) in [6.07, 6.45) is 0.830. The van der Waals surface area contributed by atoms with E-state index >= 15 is 0 Å². The first-order valence-electron chi connectivity index (χ1n) is 13.3. The lowest BCUT2D eigenvalue weighted by molar-refractivity contribution is 0.161. The molecule has 1 saturated heterocycles. The third-order valence-electron chi connectivity index (χ3n) is 7.11. The third kappa shape index (κ3) is 8.04. The standard InChI is InChI=1S/C32H40N4O/c1-26-11-10-16-30(23-26)33-32(37)36(25-27(2)24-35-21-19-34(3)20-22-35)18-17-31(28-12-6-4-7-13-28)29-14-8-5-9-15-29/h4-16,23,31H,2,17-22,24-25H2,1,3H3,(H,33,37). The molecule has 1 fully saturated rings. The van der Waals surface area contributed by atoms with Crippen LogP contribution in [0.5, 0.6) is 0 Å². The van der Waals surface area contributed by atoms with Crippen molar-refractivity contribution < 1.29 is 4.79 Å². The van der Waals surface area contributed by atoms with Crippen LogP contribution < -0.4 is 5.32 Å². The van der Waals surface area contributed by atoms with Gasteiger partial charge in [-0.3, -0.25) is 4.90 Å². The van der Waals surface area contributed by atoms with Crippen LogP contribution in [-0.2, 0) is 0 Å². The first kappa shape index (κ1) is 26.6. The maximum atomic E-state index is 13.5. The van der Waals surface area contributed by atoms with Crippen LogP contribution in [0.1, 0.15) is 29.0 Å². The molecule has 3 aromatic rings. The van der Waals surface area contributed by atoms with Crippen molar-refractivity contribution >= 4 is 11.7 Å². The zero-order chi connectivity index (χ0) is 26.0. The average Bonchev–Trinajstić information content (AvgIpc) is 2.90. The predicted molar refractivity (Wildman–Crippen MR) is 154 cm³/mol. The molecule has 0 bridgehead atoms.